The molecule has 0 saturated carbocycles. The van der Waals surface area contributed by atoms with Crippen molar-refractivity contribution < 1.29 is 18.0 Å². The van der Waals surface area contributed by atoms with Gasteiger partial charge in [-0.15, -0.1) is 0 Å². The van der Waals surface area contributed by atoms with Crippen LogP contribution in [0.25, 0.3) is 0 Å². The molecular weight excluding hydrogens is 509 g/mol. The van der Waals surface area contributed by atoms with Gasteiger partial charge >= 0.3 is 0 Å². The van der Waals surface area contributed by atoms with Crippen molar-refractivity contribution in [2.75, 3.05) is 23.7 Å². The van der Waals surface area contributed by atoms with E-state index >= 15 is 0 Å². The third-order valence-corrected chi connectivity index (χ3v) is 6.99. The van der Waals surface area contributed by atoms with Crippen LogP contribution < -0.4 is 9.62 Å². The summed E-state index contributed by atoms with van der Waals surface area (Å²) in [4.78, 5) is 27.6. The fourth-order valence-corrected chi connectivity index (χ4v) is 4.85. The van der Waals surface area contributed by atoms with Crippen LogP contribution in [0.4, 0.5) is 5.69 Å². The minimum absolute atomic E-state index is 0.0693. The first-order valence-corrected chi connectivity index (χ1v) is 13.2. The number of amides is 2. The smallest absolute Gasteiger partial charge is 0.244 e. The summed E-state index contributed by atoms with van der Waals surface area (Å²) in [6.07, 6.45) is 1.30. The zero-order valence-electron chi connectivity index (χ0n) is 18.5. The summed E-state index contributed by atoms with van der Waals surface area (Å²) in [6, 6.07) is 10.3. The maximum Gasteiger partial charge on any atom is 0.244 e. The number of carbonyl (C=O) groups excluding carboxylic acids is 2. The molecule has 1 N–H and O–H groups in total. The van der Waals surface area contributed by atoms with Gasteiger partial charge in [0.1, 0.15) is 12.6 Å². The van der Waals surface area contributed by atoms with Crippen LogP contribution in [0.3, 0.4) is 0 Å². The van der Waals surface area contributed by atoms with Gasteiger partial charge < -0.3 is 10.2 Å². The molecule has 0 aromatic heterocycles. The van der Waals surface area contributed by atoms with Gasteiger partial charge in [-0.2, -0.15) is 0 Å². The van der Waals surface area contributed by atoms with Crippen molar-refractivity contribution in [1.82, 2.24) is 10.2 Å². The molecule has 0 aliphatic carbocycles. The molecule has 7 nitrogen and oxygen atoms in total. The number of anilines is 1. The Labute approximate surface area is 209 Å². The van der Waals surface area contributed by atoms with E-state index in [0.717, 1.165) is 10.6 Å². The Hall–Kier alpha value is -2.00. The van der Waals surface area contributed by atoms with Gasteiger partial charge in [0.15, 0.2) is 0 Å². The molecule has 0 aliphatic heterocycles. The van der Waals surface area contributed by atoms with Crippen molar-refractivity contribution in [1.29, 1.82) is 0 Å². The van der Waals surface area contributed by atoms with Crippen molar-refractivity contribution in [3.63, 3.8) is 0 Å². The summed E-state index contributed by atoms with van der Waals surface area (Å²) in [6.45, 7) is 3.31. The van der Waals surface area contributed by atoms with Crippen LogP contribution in [0.1, 0.15) is 25.8 Å². The average molecular weight is 535 g/mol. The van der Waals surface area contributed by atoms with E-state index < -0.39 is 28.5 Å². The van der Waals surface area contributed by atoms with Crippen LogP contribution in [0.2, 0.25) is 15.1 Å². The SMILES string of the molecule is CCNC(=O)[C@@H](CC)N(Cc1c(Cl)cccc1Cl)C(=O)CN(c1cccc(Cl)c1)S(C)(=O)=O. The van der Waals surface area contributed by atoms with Crippen LogP contribution in [0, 0.1) is 0 Å². The van der Waals surface area contributed by atoms with Crippen LogP contribution >= 0.6 is 34.8 Å². The number of hydrogen-bond acceptors (Lipinski definition) is 4. The van der Waals surface area contributed by atoms with E-state index in [9.17, 15) is 18.0 Å². The highest BCUT2D eigenvalue weighted by atomic mass is 35.5. The van der Waals surface area contributed by atoms with Gasteiger partial charge in [0.25, 0.3) is 0 Å². The Morgan fingerprint density at radius 3 is 2.15 bits per heavy atom. The van der Waals surface area contributed by atoms with Crippen molar-refractivity contribution in [3.05, 3.63) is 63.1 Å². The van der Waals surface area contributed by atoms with Crippen molar-refractivity contribution >= 4 is 62.3 Å². The first-order chi connectivity index (χ1) is 15.5. The second kappa shape index (κ2) is 11.9. The predicted molar refractivity (Wildman–Crippen MR) is 133 cm³/mol. The fourth-order valence-electron chi connectivity index (χ4n) is 3.31. The Kier molecular flexibility index (Phi) is 9.84. The number of hydrogen-bond donors (Lipinski definition) is 1. The number of nitrogens with zero attached hydrogens (tertiary/aromatic N) is 2. The highest BCUT2D eigenvalue weighted by Gasteiger charge is 2.32. The average Bonchev–Trinajstić information content (AvgIpc) is 2.73. The molecule has 0 bridgehead atoms. The lowest BCUT2D eigenvalue weighted by atomic mass is 10.1. The standard InChI is InChI=1S/C22H26Cl3N3O4S/c1-4-20(22(30)26-5-2)27(13-17-18(24)10-7-11-19(17)25)21(29)14-28(33(3,31)32)16-9-6-8-15(23)12-16/h6-12,20H,4-5,13-14H2,1-3H3,(H,26,30)/t20-/m1/s1. The van der Waals surface area contributed by atoms with E-state index in [1.165, 1.54) is 17.0 Å². The van der Waals surface area contributed by atoms with E-state index in [-0.39, 0.29) is 18.1 Å². The molecule has 0 radical (unpaired) electrons. The van der Waals surface area contributed by atoms with E-state index in [2.05, 4.69) is 5.32 Å². The quantitative estimate of drug-likeness (QED) is 0.491. The monoisotopic (exact) mass is 533 g/mol. The molecule has 0 spiro atoms. The molecular formula is C22H26Cl3N3O4S. The minimum atomic E-state index is -3.84. The topological polar surface area (TPSA) is 86.8 Å². The van der Waals surface area contributed by atoms with Crippen molar-refractivity contribution in [3.8, 4) is 0 Å². The Morgan fingerprint density at radius 1 is 1.03 bits per heavy atom. The highest BCUT2D eigenvalue weighted by molar-refractivity contribution is 7.92. The molecule has 2 amide bonds. The maximum atomic E-state index is 13.5. The minimum Gasteiger partial charge on any atom is -0.355 e. The Morgan fingerprint density at radius 2 is 1.64 bits per heavy atom. The first kappa shape index (κ1) is 27.2. The van der Waals surface area contributed by atoms with Crippen LogP contribution in [0.5, 0.6) is 0 Å². The van der Waals surface area contributed by atoms with Gasteiger partial charge in [-0.1, -0.05) is 53.9 Å². The highest BCUT2D eigenvalue weighted by Crippen LogP contribution is 2.28. The van der Waals surface area contributed by atoms with E-state index in [1.807, 2.05) is 0 Å². The van der Waals surface area contributed by atoms with Gasteiger partial charge in [-0.05, 0) is 43.7 Å². The molecule has 0 heterocycles. The van der Waals surface area contributed by atoms with Gasteiger partial charge in [0.2, 0.25) is 21.8 Å². The molecule has 11 heteroatoms. The number of benzene rings is 2. The summed E-state index contributed by atoms with van der Waals surface area (Å²) in [5, 5.41) is 3.71. The Balaban J connectivity index is 2.49. The molecule has 0 aliphatic rings. The lowest BCUT2D eigenvalue weighted by Crippen LogP contribution is -2.52. The molecule has 2 aromatic rings. The molecule has 0 saturated heterocycles. The number of rotatable bonds is 10. The van der Waals surface area contributed by atoms with Gasteiger partial charge in [0.05, 0.1) is 11.9 Å². The summed E-state index contributed by atoms with van der Waals surface area (Å²) in [5.74, 6) is -0.945. The molecule has 0 fully saturated rings. The van der Waals surface area contributed by atoms with E-state index in [0.29, 0.717) is 33.6 Å². The molecule has 2 aromatic carbocycles. The van der Waals surface area contributed by atoms with Gasteiger partial charge in [-0.25, -0.2) is 8.42 Å². The van der Waals surface area contributed by atoms with Crippen molar-refractivity contribution in [2.24, 2.45) is 0 Å². The molecule has 0 unspecified atom stereocenters. The number of carbonyl (C=O) groups is 2. The third-order valence-electron chi connectivity index (χ3n) is 4.90. The Bertz CT molecular complexity index is 1090. The van der Waals surface area contributed by atoms with Crippen LogP contribution in [-0.2, 0) is 26.2 Å². The number of likely N-dealkylation sites (N-methyl/N-ethyl adjacent to an activating group) is 1. The second-order valence-corrected chi connectivity index (χ2v) is 10.4. The lowest BCUT2D eigenvalue weighted by molar-refractivity contribution is -0.140. The normalized spacial score (nSPS) is 12.2. The lowest BCUT2D eigenvalue weighted by Gasteiger charge is -2.33. The molecule has 2 rings (SSSR count). The fraction of sp³-hybridized carbons (Fsp3) is 0.364. The summed E-state index contributed by atoms with van der Waals surface area (Å²) in [5.41, 5.74) is 0.700. The zero-order valence-corrected chi connectivity index (χ0v) is 21.6. The predicted octanol–water partition coefficient (Wildman–Crippen LogP) is 4.36. The van der Waals surface area contributed by atoms with Crippen LogP contribution in [-0.4, -0.2) is 50.5 Å². The molecule has 33 heavy (non-hydrogen) atoms. The second-order valence-electron chi connectivity index (χ2n) is 7.29. The number of sulfonamides is 1. The number of halogens is 3. The van der Waals surface area contributed by atoms with E-state index in [1.54, 1.807) is 44.2 Å². The molecule has 1 atom stereocenters. The first-order valence-electron chi connectivity index (χ1n) is 10.2. The summed E-state index contributed by atoms with van der Waals surface area (Å²) < 4.78 is 26.0. The maximum absolute atomic E-state index is 13.5. The third kappa shape index (κ3) is 7.24. The van der Waals surface area contributed by atoms with Gasteiger partial charge in [-0.3, -0.25) is 13.9 Å². The molecule has 180 valence electrons. The van der Waals surface area contributed by atoms with Gasteiger partial charge in [0, 0.05) is 33.7 Å². The summed E-state index contributed by atoms with van der Waals surface area (Å²) >= 11 is 18.7. The summed E-state index contributed by atoms with van der Waals surface area (Å²) in [7, 11) is -3.84. The number of nitrogens with one attached hydrogen (secondary N) is 1. The van der Waals surface area contributed by atoms with E-state index in [4.69, 9.17) is 34.8 Å². The zero-order chi connectivity index (χ0) is 24.8. The largest absolute Gasteiger partial charge is 0.355 e. The van der Waals surface area contributed by atoms with Crippen molar-refractivity contribution in [2.45, 2.75) is 32.9 Å². The van der Waals surface area contributed by atoms with Crippen LogP contribution in [0.15, 0.2) is 42.5 Å².